The van der Waals surface area contributed by atoms with Crippen LogP contribution in [0, 0.1) is 29.1 Å². The summed E-state index contributed by atoms with van der Waals surface area (Å²) in [6.45, 7) is 16.1. The number of nitrogens with zero attached hydrogens (tertiary/aromatic N) is 4. The first-order valence-electron chi connectivity index (χ1n) is 21.6. The van der Waals surface area contributed by atoms with Gasteiger partial charge in [-0.1, -0.05) is 67.0 Å². The third kappa shape index (κ3) is 11.5. The van der Waals surface area contributed by atoms with Crippen molar-refractivity contribution in [2.24, 2.45) is 29.1 Å². The molecule has 4 aliphatic heterocycles. The normalized spacial score (nSPS) is 31.0. The molecule has 14 nitrogen and oxygen atoms in total. The molecular weight excluding hydrogens is 755 g/mol. The van der Waals surface area contributed by atoms with E-state index in [0.717, 1.165) is 5.56 Å². The first kappa shape index (κ1) is 47.5. The summed E-state index contributed by atoms with van der Waals surface area (Å²) in [5, 5.41) is 14.3. The fourth-order valence-electron chi connectivity index (χ4n) is 8.67. The third-order valence-corrected chi connectivity index (χ3v) is 13.1. The molecule has 2 N–H and O–H groups in total. The first-order chi connectivity index (χ1) is 27.7. The molecule has 1 aromatic rings. The summed E-state index contributed by atoms with van der Waals surface area (Å²) < 4.78 is 11.6. The second kappa shape index (κ2) is 20.4. The number of aliphatic hydroxyl groups excluding tert-OH is 1. The third-order valence-electron chi connectivity index (χ3n) is 13.1. The summed E-state index contributed by atoms with van der Waals surface area (Å²) in [6.07, 6.45) is 1.82. The van der Waals surface area contributed by atoms with Gasteiger partial charge in [0.15, 0.2) is 0 Å². The Morgan fingerprint density at radius 2 is 1.49 bits per heavy atom. The van der Waals surface area contributed by atoms with Gasteiger partial charge in [0.1, 0.15) is 36.0 Å². The summed E-state index contributed by atoms with van der Waals surface area (Å²) in [7, 11) is 4.66. The fourth-order valence-corrected chi connectivity index (χ4v) is 8.67. The van der Waals surface area contributed by atoms with E-state index in [9.17, 15) is 33.9 Å². The molecule has 5 rings (SSSR count). The van der Waals surface area contributed by atoms with Gasteiger partial charge in [-0.15, -0.1) is 0 Å². The molecule has 0 radical (unpaired) electrons. The highest BCUT2D eigenvalue weighted by Crippen LogP contribution is 2.33. The van der Waals surface area contributed by atoms with Crippen LogP contribution in [0.2, 0.25) is 0 Å². The number of ether oxygens (including phenoxy) is 2. The standard InChI is InChI=1S/C45H71N5O9/c1-12-28(3)38-43(56)50-21-13-14-35(50)44(57)59-37(45(6,7)8)25-27(2)24-36(51)29(4)40(53)49-22-19-32(20-23-49)39(52)46-34(26-31-15-17-33(58-11)18-16-31)42(55)47(9)30(5)41(54)48(38)10/h15-18,27-30,32,34-38,51H,12-14,19-26H2,1-11H3,(H,46,52)/t27-,28-,29+,30+,34-,35-,36-,37-,38-/m0/s1. The minimum Gasteiger partial charge on any atom is -0.497 e. The maximum atomic E-state index is 14.6. The number of nitrogens with one attached hydrogen (secondary N) is 1. The van der Waals surface area contributed by atoms with Crippen LogP contribution in [0.15, 0.2) is 24.3 Å². The predicted molar refractivity (Wildman–Crippen MR) is 224 cm³/mol. The second-order valence-electron chi connectivity index (χ2n) is 18.5. The average Bonchev–Trinajstić information content (AvgIpc) is 3.71. The Balaban J connectivity index is 1.71. The lowest BCUT2D eigenvalue weighted by molar-refractivity contribution is -0.166. The average molecular weight is 826 g/mol. The van der Waals surface area contributed by atoms with Crippen LogP contribution in [0.5, 0.6) is 5.75 Å². The molecule has 0 spiro atoms. The lowest BCUT2D eigenvalue weighted by Crippen LogP contribution is -2.59. The minimum absolute atomic E-state index is 0.106. The lowest BCUT2D eigenvalue weighted by Gasteiger charge is -2.39. The number of benzene rings is 1. The SMILES string of the molecule is CC[C@H](C)[C@H]1C(=O)N2CCC[C@H]2C(=O)O[C@H](C(C)(C)C)C[C@@H](C)C[C@H](O)[C@@H](C)C(=O)N2CCC(CC2)C(=O)N[C@@H](Cc2ccc(OC)cc2)C(=O)N(C)[C@H](C)C(=O)N1C. The Morgan fingerprint density at radius 1 is 0.864 bits per heavy atom. The highest BCUT2D eigenvalue weighted by molar-refractivity contribution is 5.95. The zero-order valence-electron chi connectivity index (χ0n) is 37.4. The maximum Gasteiger partial charge on any atom is 0.329 e. The van der Waals surface area contributed by atoms with Gasteiger partial charge in [0.25, 0.3) is 0 Å². The number of hydrogen-bond donors (Lipinski definition) is 2. The van der Waals surface area contributed by atoms with Gasteiger partial charge in [-0.2, -0.15) is 0 Å². The van der Waals surface area contributed by atoms with Crippen molar-refractivity contribution in [3.05, 3.63) is 29.8 Å². The number of methoxy groups -OCH3 is 1. The highest BCUT2D eigenvalue weighted by Gasteiger charge is 2.45. The molecule has 2 bridgehead atoms. The second-order valence-corrected chi connectivity index (χ2v) is 18.5. The smallest absolute Gasteiger partial charge is 0.329 e. The molecule has 0 aliphatic carbocycles. The number of carbonyl (C=O) groups excluding carboxylic acids is 6. The van der Waals surface area contributed by atoms with Crippen molar-refractivity contribution in [1.29, 1.82) is 0 Å². The summed E-state index contributed by atoms with van der Waals surface area (Å²) in [6, 6.07) is 3.43. The van der Waals surface area contributed by atoms with Gasteiger partial charge in [0.2, 0.25) is 29.5 Å². The molecule has 0 aromatic heterocycles. The summed E-state index contributed by atoms with van der Waals surface area (Å²) in [4.78, 5) is 90.9. The largest absolute Gasteiger partial charge is 0.497 e. The van der Waals surface area contributed by atoms with E-state index in [1.54, 1.807) is 49.9 Å². The van der Waals surface area contributed by atoms with E-state index in [-0.39, 0.29) is 36.0 Å². The number of esters is 1. The van der Waals surface area contributed by atoms with Gasteiger partial charge in [0.05, 0.1) is 19.1 Å². The van der Waals surface area contributed by atoms with Crippen LogP contribution in [0.1, 0.15) is 106 Å². The summed E-state index contributed by atoms with van der Waals surface area (Å²) in [5.41, 5.74) is 0.318. The van der Waals surface area contributed by atoms with Crippen molar-refractivity contribution >= 4 is 35.5 Å². The van der Waals surface area contributed by atoms with Crippen molar-refractivity contribution in [2.75, 3.05) is 40.8 Å². The van der Waals surface area contributed by atoms with Crippen LogP contribution in [0.4, 0.5) is 0 Å². The number of hydrogen-bond acceptors (Lipinski definition) is 9. The Kier molecular flexibility index (Phi) is 16.4. The molecule has 14 heteroatoms. The molecule has 5 amide bonds. The monoisotopic (exact) mass is 826 g/mol. The van der Waals surface area contributed by atoms with E-state index in [1.165, 1.54) is 16.8 Å². The molecule has 0 unspecified atom stereocenters. The molecular formula is C45H71N5O9. The van der Waals surface area contributed by atoms with Crippen molar-refractivity contribution in [3.63, 3.8) is 0 Å². The van der Waals surface area contributed by atoms with Crippen LogP contribution in [0.3, 0.4) is 0 Å². The number of likely N-dealkylation sites (N-methyl/N-ethyl adjacent to an activating group) is 2. The van der Waals surface area contributed by atoms with Gasteiger partial charge in [-0.3, -0.25) is 24.0 Å². The van der Waals surface area contributed by atoms with E-state index in [1.807, 2.05) is 53.7 Å². The molecule has 4 saturated heterocycles. The zero-order valence-corrected chi connectivity index (χ0v) is 37.4. The van der Waals surface area contributed by atoms with E-state index < -0.39 is 71.4 Å². The number of carbonyl (C=O) groups is 6. The van der Waals surface area contributed by atoms with Crippen molar-refractivity contribution in [3.8, 4) is 5.75 Å². The minimum atomic E-state index is -1.02. The van der Waals surface area contributed by atoms with Gasteiger partial charge in [-0.05, 0) is 80.4 Å². The van der Waals surface area contributed by atoms with Crippen LogP contribution in [-0.4, -0.2) is 137 Å². The molecule has 4 fully saturated rings. The van der Waals surface area contributed by atoms with Crippen LogP contribution in [0.25, 0.3) is 0 Å². The van der Waals surface area contributed by atoms with Crippen LogP contribution in [-0.2, 0) is 39.9 Å². The Morgan fingerprint density at radius 3 is 2.07 bits per heavy atom. The van der Waals surface area contributed by atoms with Crippen molar-refractivity contribution in [1.82, 2.24) is 24.9 Å². The van der Waals surface area contributed by atoms with Crippen molar-refractivity contribution < 1.29 is 43.3 Å². The molecule has 0 saturated carbocycles. The number of fused-ring (bicyclic) bond motifs is 19. The Hall–Kier alpha value is -4.20. The molecule has 1 aromatic carbocycles. The summed E-state index contributed by atoms with van der Waals surface area (Å²) >= 11 is 0. The van der Waals surface area contributed by atoms with E-state index in [4.69, 9.17) is 9.47 Å². The Bertz CT molecular complexity index is 1640. The van der Waals surface area contributed by atoms with Gasteiger partial charge >= 0.3 is 5.97 Å². The number of rotatable bonds is 5. The fraction of sp³-hybridized carbons (Fsp3) is 0.733. The predicted octanol–water partition coefficient (Wildman–Crippen LogP) is 4.06. The molecule has 59 heavy (non-hydrogen) atoms. The lowest BCUT2D eigenvalue weighted by atomic mass is 9.81. The summed E-state index contributed by atoms with van der Waals surface area (Å²) in [5.74, 6) is -3.15. The molecule has 330 valence electrons. The zero-order chi connectivity index (χ0) is 43.9. The van der Waals surface area contributed by atoms with E-state index in [0.29, 0.717) is 70.3 Å². The molecule has 4 heterocycles. The number of amides is 5. The number of piperidine rings is 1. The van der Waals surface area contributed by atoms with Gasteiger partial charge in [0, 0.05) is 46.1 Å². The highest BCUT2D eigenvalue weighted by atomic mass is 16.5. The van der Waals surface area contributed by atoms with Crippen LogP contribution >= 0.6 is 0 Å². The van der Waals surface area contributed by atoms with E-state index in [2.05, 4.69) is 5.32 Å². The van der Waals surface area contributed by atoms with Crippen LogP contribution < -0.4 is 10.1 Å². The van der Waals surface area contributed by atoms with Crippen molar-refractivity contribution in [2.45, 2.75) is 143 Å². The van der Waals surface area contributed by atoms with Gasteiger partial charge < -0.3 is 39.5 Å². The molecule has 9 atom stereocenters. The number of aliphatic hydroxyl groups is 1. The maximum absolute atomic E-state index is 14.6. The molecule has 4 aliphatic rings. The van der Waals surface area contributed by atoms with Gasteiger partial charge in [-0.25, -0.2) is 4.79 Å². The quantitative estimate of drug-likeness (QED) is 0.329. The Labute approximate surface area is 351 Å². The topological polar surface area (TPSA) is 166 Å². The van der Waals surface area contributed by atoms with E-state index >= 15 is 0 Å². The first-order valence-corrected chi connectivity index (χ1v) is 21.6.